The van der Waals surface area contributed by atoms with Crippen molar-refractivity contribution in [2.75, 3.05) is 0 Å². The second-order valence-electron chi connectivity index (χ2n) is 5.79. The number of carbonyl (C=O) groups excluding carboxylic acids is 1. The molecule has 1 rings (SSSR count). The number of rotatable bonds is 3. The Balaban J connectivity index is 2.51. The zero-order valence-electron chi connectivity index (χ0n) is 10.7. The summed E-state index contributed by atoms with van der Waals surface area (Å²) in [6.45, 7) is 6.59. The average molecular weight is 239 g/mol. The number of carboxylic acid groups (broad SMARTS) is 1. The fourth-order valence-electron chi connectivity index (χ4n) is 2.85. The van der Waals surface area contributed by atoms with Crippen LogP contribution in [0.15, 0.2) is 12.2 Å². The van der Waals surface area contributed by atoms with Crippen LogP contribution in [0.4, 0.5) is 0 Å². The summed E-state index contributed by atoms with van der Waals surface area (Å²) in [6.07, 6.45) is 5.03. The lowest BCUT2D eigenvalue weighted by Crippen LogP contribution is -2.42. The number of aliphatic carboxylic acids is 1. The van der Waals surface area contributed by atoms with Gasteiger partial charge in [0.1, 0.15) is 0 Å². The molecule has 2 N–H and O–H groups in total. The van der Waals surface area contributed by atoms with Crippen molar-refractivity contribution in [2.24, 2.45) is 11.3 Å². The zero-order chi connectivity index (χ0) is 13.1. The maximum absolute atomic E-state index is 11.5. The molecule has 4 nitrogen and oxygen atoms in total. The quantitative estimate of drug-likeness (QED) is 0.740. The molecule has 0 aromatic rings. The average Bonchev–Trinajstić information content (AvgIpc) is 2.11. The third-order valence-electron chi connectivity index (χ3n) is 3.11. The van der Waals surface area contributed by atoms with Crippen LogP contribution in [0, 0.1) is 11.3 Å². The maximum atomic E-state index is 11.5. The Morgan fingerprint density at radius 2 is 1.94 bits per heavy atom. The molecule has 4 heteroatoms. The van der Waals surface area contributed by atoms with E-state index in [0.29, 0.717) is 5.92 Å². The van der Waals surface area contributed by atoms with Crippen LogP contribution >= 0.6 is 0 Å². The van der Waals surface area contributed by atoms with Crippen LogP contribution in [-0.4, -0.2) is 23.0 Å². The number of carboxylic acids is 1. The zero-order valence-corrected chi connectivity index (χ0v) is 10.7. The Morgan fingerprint density at radius 3 is 2.47 bits per heavy atom. The third-order valence-corrected chi connectivity index (χ3v) is 3.11. The number of amides is 1. The predicted octanol–water partition coefficient (Wildman–Crippen LogP) is 1.96. The lowest BCUT2D eigenvalue weighted by atomic mass is 9.70. The van der Waals surface area contributed by atoms with Crippen LogP contribution in [0.3, 0.4) is 0 Å². The van der Waals surface area contributed by atoms with E-state index in [1.807, 2.05) is 0 Å². The number of hydrogen-bond donors (Lipinski definition) is 2. The molecule has 96 valence electrons. The van der Waals surface area contributed by atoms with Crippen LogP contribution in [0.5, 0.6) is 0 Å². The molecule has 0 aliphatic heterocycles. The van der Waals surface area contributed by atoms with Gasteiger partial charge in [-0.25, -0.2) is 4.79 Å². The number of hydrogen-bond acceptors (Lipinski definition) is 2. The van der Waals surface area contributed by atoms with Gasteiger partial charge in [-0.1, -0.05) is 20.8 Å². The third kappa shape index (κ3) is 5.02. The minimum Gasteiger partial charge on any atom is -0.478 e. The molecule has 17 heavy (non-hydrogen) atoms. The fraction of sp³-hybridized carbons (Fsp3) is 0.692. The summed E-state index contributed by atoms with van der Waals surface area (Å²) in [5.74, 6) is -0.827. The van der Waals surface area contributed by atoms with Crippen molar-refractivity contribution in [3.63, 3.8) is 0 Å². The standard InChI is InChI=1S/C13H21NO3/c1-9-6-10(8-13(2,3)7-9)14-11(15)4-5-12(16)17/h4-5,9-10H,6-8H2,1-3H3,(H,14,15)(H,16,17)/b5-4-/t9-,10-/m1/s1. The van der Waals surface area contributed by atoms with Gasteiger partial charge in [0.05, 0.1) is 0 Å². The van der Waals surface area contributed by atoms with E-state index in [-0.39, 0.29) is 17.4 Å². The molecular formula is C13H21NO3. The maximum Gasteiger partial charge on any atom is 0.328 e. The van der Waals surface area contributed by atoms with E-state index in [0.717, 1.165) is 25.0 Å². The van der Waals surface area contributed by atoms with Crippen molar-refractivity contribution in [1.29, 1.82) is 0 Å². The first kappa shape index (κ1) is 13.7. The Hall–Kier alpha value is -1.32. The van der Waals surface area contributed by atoms with E-state index in [2.05, 4.69) is 26.1 Å². The van der Waals surface area contributed by atoms with Crippen LogP contribution < -0.4 is 5.32 Å². The first-order chi connectivity index (χ1) is 7.78. The van der Waals surface area contributed by atoms with E-state index in [4.69, 9.17) is 5.11 Å². The highest BCUT2D eigenvalue weighted by Crippen LogP contribution is 2.38. The molecule has 0 spiro atoms. The lowest BCUT2D eigenvalue weighted by Gasteiger charge is -2.39. The van der Waals surface area contributed by atoms with E-state index in [1.165, 1.54) is 6.42 Å². The molecule has 0 aromatic heterocycles. The Kier molecular flexibility index (Phi) is 4.32. The molecule has 0 bridgehead atoms. The monoisotopic (exact) mass is 239 g/mol. The summed E-state index contributed by atoms with van der Waals surface area (Å²) in [5, 5.41) is 11.3. The fourth-order valence-corrected chi connectivity index (χ4v) is 2.85. The van der Waals surface area contributed by atoms with Crippen LogP contribution in [0.25, 0.3) is 0 Å². The van der Waals surface area contributed by atoms with Crippen molar-refractivity contribution >= 4 is 11.9 Å². The van der Waals surface area contributed by atoms with Gasteiger partial charge in [-0.3, -0.25) is 4.79 Å². The van der Waals surface area contributed by atoms with E-state index in [1.54, 1.807) is 0 Å². The molecule has 0 unspecified atom stereocenters. The van der Waals surface area contributed by atoms with E-state index >= 15 is 0 Å². The van der Waals surface area contributed by atoms with Gasteiger partial charge in [-0.2, -0.15) is 0 Å². The van der Waals surface area contributed by atoms with Gasteiger partial charge in [0, 0.05) is 18.2 Å². The van der Waals surface area contributed by atoms with Gasteiger partial charge in [-0.15, -0.1) is 0 Å². The highest BCUT2D eigenvalue weighted by molar-refractivity contribution is 5.93. The number of carbonyl (C=O) groups is 2. The van der Waals surface area contributed by atoms with Gasteiger partial charge in [-0.05, 0) is 30.6 Å². The number of nitrogens with one attached hydrogen (secondary N) is 1. The lowest BCUT2D eigenvalue weighted by molar-refractivity contribution is -0.131. The SMILES string of the molecule is C[C@@H]1C[C@@H](NC(=O)/C=C\C(=O)O)CC(C)(C)C1. The topological polar surface area (TPSA) is 66.4 Å². The first-order valence-corrected chi connectivity index (χ1v) is 6.00. The summed E-state index contributed by atoms with van der Waals surface area (Å²) in [5.41, 5.74) is 0.242. The van der Waals surface area contributed by atoms with Crippen LogP contribution in [-0.2, 0) is 9.59 Å². The molecule has 2 atom stereocenters. The second-order valence-corrected chi connectivity index (χ2v) is 5.79. The highest BCUT2D eigenvalue weighted by atomic mass is 16.4. The molecule has 1 saturated carbocycles. The van der Waals surface area contributed by atoms with E-state index < -0.39 is 5.97 Å². The van der Waals surface area contributed by atoms with Gasteiger partial charge in [0.25, 0.3) is 0 Å². The summed E-state index contributed by atoms with van der Waals surface area (Å²) in [6, 6.07) is 0.152. The van der Waals surface area contributed by atoms with Gasteiger partial charge < -0.3 is 10.4 Å². The molecule has 1 fully saturated rings. The predicted molar refractivity (Wildman–Crippen MR) is 65.5 cm³/mol. The minimum absolute atomic E-state index is 0.152. The van der Waals surface area contributed by atoms with Crippen LogP contribution in [0.2, 0.25) is 0 Å². The molecule has 0 heterocycles. The molecule has 0 aromatic carbocycles. The normalized spacial score (nSPS) is 27.9. The molecule has 1 aliphatic carbocycles. The molecular weight excluding hydrogens is 218 g/mol. The Bertz CT molecular complexity index is 334. The smallest absolute Gasteiger partial charge is 0.328 e. The molecule has 0 saturated heterocycles. The minimum atomic E-state index is -1.10. The van der Waals surface area contributed by atoms with Crippen molar-refractivity contribution in [3.8, 4) is 0 Å². The Labute approximate surface area is 102 Å². The Morgan fingerprint density at radius 1 is 1.29 bits per heavy atom. The van der Waals surface area contributed by atoms with Crippen molar-refractivity contribution < 1.29 is 14.7 Å². The molecule has 1 aliphatic rings. The van der Waals surface area contributed by atoms with E-state index in [9.17, 15) is 9.59 Å². The molecule has 1 amide bonds. The summed E-state index contributed by atoms with van der Waals surface area (Å²) in [7, 11) is 0. The summed E-state index contributed by atoms with van der Waals surface area (Å²) < 4.78 is 0. The highest BCUT2D eigenvalue weighted by Gasteiger charge is 2.32. The van der Waals surface area contributed by atoms with Crippen molar-refractivity contribution in [3.05, 3.63) is 12.2 Å². The first-order valence-electron chi connectivity index (χ1n) is 6.00. The van der Waals surface area contributed by atoms with Gasteiger partial charge in [0.15, 0.2) is 0 Å². The van der Waals surface area contributed by atoms with Crippen molar-refractivity contribution in [2.45, 2.75) is 46.1 Å². The summed E-state index contributed by atoms with van der Waals surface area (Å²) in [4.78, 5) is 21.8. The largest absolute Gasteiger partial charge is 0.478 e. The summed E-state index contributed by atoms with van der Waals surface area (Å²) >= 11 is 0. The second kappa shape index (κ2) is 5.34. The van der Waals surface area contributed by atoms with Gasteiger partial charge in [0.2, 0.25) is 5.91 Å². The van der Waals surface area contributed by atoms with Gasteiger partial charge >= 0.3 is 5.97 Å². The molecule has 0 radical (unpaired) electrons. The van der Waals surface area contributed by atoms with Crippen molar-refractivity contribution in [1.82, 2.24) is 5.32 Å². The van der Waals surface area contributed by atoms with Crippen LogP contribution in [0.1, 0.15) is 40.0 Å².